The van der Waals surface area contributed by atoms with E-state index in [0.717, 1.165) is 29.2 Å². The third-order valence-electron chi connectivity index (χ3n) is 5.52. The van der Waals surface area contributed by atoms with Crippen LogP contribution in [-0.2, 0) is 11.3 Å². The van der Waals surface area contributed by atoms with Crippen molar-refractivity contribution in [3.05, 3.63) is 59.9 Å². The Morgan fingerprint density at radius 1 is 1.14 bits per heavy atom. The third-order valence-corrected chi connectivity index (χ3v) is 5.52. The van der Waals surface area contributed by atoms with Crippen LogP contribution < -0.4 is 4.74 Å². The van der Waals surface area contributed by atoms with E-state index in [1.54, 1.807) is 4.90 Å². The van der Waals surface area contributed by atoms with Crippen molar-refractivity contribution < 1.29 is 9.53 Å². The first kappa shape index (κ1) is 18.5. The Labute approximate surface area is 165 Å². The summed E-state index contributed by atoms with van der Waals surface area (Å²) in [5.74, 6) is 2.70. The highest BCUT2D eigenvalue weighted by Gasteiger charge is 2.31. The van der Waals surface area contributed by atoms with Gasteiger partial charge in [-0.25, -0.2) is 4.98 Å². The summed E-state index contributed by atoms with van der Waals surface area (Å²) in [6.07, 6.45) is 0.525. The minimum absolute atomic E-state index is 0.134. The Morgan fingerprint density at radius 3 is 2.57 bits per heavy atom. The van der Waals surface area contributed by atoms with Crippen molar-refractivity contribution in [1.29, 1.82) is 0 Å². The van der Waals surface area contributed by atoms with Gasteiger partial charge >= 0.3 is 0 Å². The molecule has 28 heavy (non-hydrogen) atoms. The van der Waals surface area contributed by atoms with E-state index < -0.39 is 0 Å². The maximum absolute atomic E-state index is 12.0. The van der Waals surface area contributed by atoms with Crippen molar-refractivity contribution >= 4 is 16.9 Å². The number of benzene rings is 2. The lowest BCUT2D eigenvalue weighted by Gasteiger charge is -2.15. The molecule has 1 aliphatic rings. The van der Waals surface area contributed by atoms with E-state index in [0.29, 0.717) is 25.5 Å². The van der Waals surface area contributed by atoms with Crippen LogP contribution in [0.25, 0.3) is 11.0 Å². The van der Waals surface area contributed by atoms with Gasteiger partial charge in [0.25, 0.3) is 0 Å². The van der Waals surface area contributed by atoms with Crippen LogP contribution in [0.15, 0.2) is 48.5 Å². The molecule has 0 N–H and O–H groups in total. The Bertz CT molecular complexity index is 975. The lowest BCUT2D eigenvalue weighted by Crippen LogP contribution is -2.19. The number of hydrogen-bond donors (Lipinski definition) is 0. The second-order valence-corrected chi connectivity index (χ2v) is 7.86. The molecule has 1 saturated heterocycles. The van der Waals surface area contributed by atoms with Crippen LogP contribution in [-0.4, -0.2) is 40.6 Å². The van der Waals surface area contributed by atoms with E-state index in [4.69, 9.17) is 9.72 Å². The standard InChI is InChI=1S/C23H27N3O2/c1-16(2)17-8-10-19(11-9-17)28-13-12-26-21-7-5-4-6-20(21)24-23(26)18-14-22(27)25(3)15-18/h4-11,16,18H,12-15H2,1-3H3. The number of amides is 1. The molecule has 0 spiro atoms. The molecule has 4 rings (SSSR count). The highest BCUT2D eigenvalue weighted by Crippen LogP contribution is 2.29. The summed E-state index contributed by atoms with van der Waals surface area (Å²) < 4.78 is 8.21. The third kappa shape index (κ3) is 3.61. The zero-order valence-corrected chi connectivity index (χ0v) is 16.8. The number of para-hydroxylation sites is 2. The first-order valence-electron chi connectivity index (χ1n) is 9.95. The van der Waals surface area contributed by atoms with Gasteiger partial charge < -0.3 is 14.2 Å². The number of likely N-dealkylation sites (N-methyl/N-ethyl adjacent to an activating group) is 1. The second-order valence-electron chi connectivity index (χ2n) is 7.86. The number of aromatic nitrogens is 2. The van der Waals surface area contributed by atoms with Gasteiger partial charge in [-0.15, -0.1) is 0 Å². The molecule has 0 aliphatic carbocycles. The predicted molar refractivity (Wildman–Crippen MR) is 111 cm³/mol. The summed E-state index contributed by atoms with van der Waals surface area (Å²) in [5, 5.41) is 0. The van der Waals surface area contributed by atoms with E-state index in [9.17, 15) is 4.79 Å². The van der Waals surface area contributed by atoms with Gasteiger partial charge in [-0.2, -0.15) is 0 Å². The van der Waals surface area contributed by atoms with Crippen LogP contribution in [0.2, 0.25) is 0 Å². The van der Waals surface area contributed by atoms with Gasteiger partial charge in [0.05, 0.1) is 17.6 Å². The topological polar surface area (TPSA) is 47.4 Å². The van der Waals surface area contributed by atoms with Crippen molar-refractivity contribution in [1.82, 2.24) is 14.5 Å². The molecule has 0 saturated carbocycles. The molecule has 1 aliphatic heterocycles. The number of hydrogen-bond acceptors (Lipinski definition) is 3. The van der Waals surface area contributed by atoms with Gasteiger partial charge in [0.2, 0.25) is 5.91 Å². The van der Waals surface area contributed by atoms with Crippen LogP contribution in [0.5, 0.6) is 5.75 Å². The molecular weight excluding hydrogens is 350 g/mol. The van der Waals surface area contributed by atoms with Gasteiger partial charge in [0.15, 0.2) is 0 Å². The molecule has 3 aromatic rings. The molecule has 5 nitrogen and oxygen atoms in total. The largest absolute Gasteiger partial charge is 0.492 e. The lowest BCUT2D eigenvalue weighted by molar-refractivity contribution is -0.126. The van der Waals surface area contributed by atoms with Crippen molar-refractivity contribution in [2.45, 2.75) is 38.6 Å². The molecule has 0 radical (unpaired) electrons. The fraction of sp³-hybridized carbons (Fsp3) is 0.391. The summed E-state index contributed by atoms with van der Waals surface area (Å²) in [6, 6.07) is 16.5. The number of likely N-dealkylation sites (tertiary alicyclic amines) is 1. The predicted octanol–water partition coefficient (Wildman–Crippen LogP) is 4.18. The summed E-state index contributed by atoms with van der Waals surface area (Å²) >= 11 is 0. The Morgan fingerprint density at radius 2 is 1.89 bits per heavy atom. The van der Waals surface area contributed by atoms with Crippen LogP contribution in [0.4, 0.5) is 0 Å². The molecule has 1 atom stereocenters. The molecule has 1 unspecified atom stereocenters. The number of carbonyl (C=O) groups is 1. The van der Waals surface area contributed by atoms with E-state index in [-0.39, 0.29) is 11.8 Å². The summed E-state index contributed by atoms with van der Waals surface area (Å²) in [6.45, 7) is 6.36. The fourth-order valence-electron chi connectivity index (χ4n) is 3.88. The van der Waals surface area contributed by atoms with Crippen LogP contribution >= 0.6 is 0 Å². The average Bonchev–Trinajstić information content (AvgIpc) is 3.22. The highest BCUT2D eigenvalue weighted by molar-refractivity contribution is 5.80. The molecular formula is C23H27N3O2. The molecule has 2 heterocycles. The molecule has 0 bridgehead atoms. The number of nitrogens with zero attached hydrogens (tertiary/aromatic N) is 3. The number of fused-ring (bicyclic) bond motifs is 1. The van der Waals surface area contributed by atoms with Crippen LogP contribution in [0, 0.1) is 0 Å². The van der Waals surface area contributed by atoms with E-state index >= 15 is 0 Å². The Balaban J connectivity index is 1.52. The first-order valence-corrected chi connectivity index (χ1v) is 9.95. The molecule has 1 amide bonds. The maximum atomic E-state index is 12.0. The van der Waals surface area contributed by atoms with Gasteiger partial charge in [-0.05, 0) is 35.7 Å². The Hall–Kier alpha value is -2.82. The SMILES string of the molecule is CC(C)c1ccc(OCCn2c(C3CC(=O)N(C)C3)nc3ccccc32)cc1. The quantitative estimate of drug-likeness (QED) is 0.647. The minimum atomic E-state index is 0.134. The molecule has 2 aromatic carbocycles. The highest BCUT2D eigenvalue weighted by atomic mass is 16.5. The Kier molecular flexibility index (Phi) is 5.07. The van der Waals surface area contributed by atoms with Gasteiger partial charge in [-0.3, -0.25) is 4.79 Å². The van der Waals surface area contributed by atoms with Gasteiger partial charge in [0, 0.05) is 25.9 Å². The number of rotatable bonds is 6. The van der Waals surface area contributed by atoms with Gasteiger partial charge in [-0.1, -0.05) is 38.1 Å². The van der Waals surface area contributed by atoms with E-state index in [1.807, 2.05) is 37.4 Å². The zero-order valence-electron chi connectivity index (χ0n) is 16.8. The molecule has 146 valence electrons. The zero-order chi connectivity index (χ0) is 19.7. The smallest absolute Gasteiger partial charge is 0.223 e. The summed E-state index contributed by atoms with van der Waals surface area (Å²) in [4.78, 5) is 18.7. The first-order chi connectivity index (χ1) is 13.5. The van der Waals surface area contributed by atoms with Crippen molar-refractivity contribution in [2.24, 2.45) is 0 Å². The van der Waals surface area contributed by atoms with Crippen molar-refractivity contribution in [2.75, 3.05) is 20.2 Å². The van der Waals surface area contributed by atoms with Gasteiger partial charge in [0.1, 0.15) is 18.2 Å². The lowest BCUT2D eigenvalue weighted by atomic mass is 10.0. The molecule has 5 heteroatoms. The monoisotopic (exact) mass is 377 g/mol. The number of carbonyl (C=O) groups excluding carboxylic acids is 1. The maximum Gasteiger partial charge on any atom is 0.223 e. The normalized spacial score (nSPS) is 17.1. The average molecular weight is 377 g/mol. The minimum Gasteiger partial charge on any atom is -0.492 e. The van der Waals surface area contributed by atoms with Crippen molar-refractivity contribution in [3.63, 3.8) is 0 Å². The second kappa shape index (κ2) is 7.66. The molecule has 1 fully saturated rings. The van der Waals surface area contributed by atoms with E-state index in [2.05, 4.69) is 36.6 Å². The summed E-state index contributed by atoms with van der Waals surface area (Å²) in [7, 11) is 1.86. The molecule has 1 aromatic heterocycles. The van der Waals surface area contributed by atoms with E-state index in [1.165, 1.54) is 5.56 Å². The summed E-state index contributed by atoms with van der Waals surface area (Å²) in [5.41, 5.74) is 3.38. The number of imidazole rings is 1. The van der Waals surface area contributed by atoms with Crippen molar-refractivity contribution in [3.8, 4) is 5.75 Å². The van der Waals surface area contributed by atoms with Crippen LogP contribution in [0.1, 0.15) is 43.5 Å². The number of ether oxygens (including phenoxy) is 1. The van der Waals surface area contributed by atoms with Crippen LogP contribution in [0.3, 0.4) is 0 Å². The fourth-order valence-corrected chi connectivity index (χ4v) is 3.88.